The van der Waals surface area contributed by atoms with Gasteiger partial charge in [-0.15, -0.1) is 0 Å². The number of para-hydroxylation sites is 2. The van der Waals surface area contributed by atoms with E-state index in [1.165, 1.54) is 170 Å². The van der Waals surface area contributed by atoms with Crippen molar-refractivity contribution in [2.24, 2.45) is 9.98 Å². The van der Waals surface area contributed by atoms with E-state index in [4.69, 9.17) is 24.9 Å². The first-order valence-corrected chi connectivity index (χ1v) is 47.4. The lowest BCUT2D eigenvalue weighted by Crippen LogP contribution is -2.15. The molecule has 0 atom stereocenters. The molecular weight excluding hydrogens is 1650 g/mol. The van der Waals surface area contributed by atoms with Crippen molar-refractivity contribution in [3.63, 3.8) is 0 Å². The van der Waals surface area contributed by atoms with Crippen LogP contribution in [0.3, 0.4) is 0 Å². The summed E-state index contributed by atoms with van der Waals surface area (Å²) in [6.07, 6.45) is 3.76. The molecule has 0 radical (unpaired) electrons. The van der Waals surface area contributed by atoms with Crippen LogP contribution in [-0.2, 0) is 10.8 Å². The standard InChI is InChI=1S/C129H85N7/c1-128(2)112-62-55-84-63-81(52-56-92(84)122(112)111-73-110-101-44-24-26-50-118(101)136(120(110)75-114(111)128)90-67-86(91-60-61-104-96-41-21-20-40-95(96)103-46-27-45-102(91)121(103)104)65-88(69-90)127-133-125(79-34-13-7-14-35-79)132-126(134-127)80-36-15-8-16-37-80)82-53-58-99-106(70-82)97-42-22-19-39-94(97)98-57-54-83(71-107(98)99)85-64-87(116-48-28-47-115(77-30-9-5-10-31-77)130-124(131-116)78-32-11-6-12-33-78)68-89(66-85)135-117-49-25-23-43-100(117)109-72-108-105-59-51-76-29-17-18-38-93(76)123(105)129(3,4)113(108)74-119(109)135/h5-27,29-47,49-75H,28,48H2,1-4H3/b115-47-,130-124-,131-116+. The summed E-state index contributed by atoms with van der Waals surface area (Å²) < 4.78 is 5.04. The van der Waals surface area contributed by atoms with Crippen molar-refractivity contribution in [3.05, 3.63) is 458 Å². The Morgan fingerprint density at radius 1 is 0.235 bits per heavy atom. The average Bonchev–Trinajstić information content (AvgIpc) is 1.54. The summed E-state index contributed by atoms with van der Waals surface area (Å²) in [5.74, 6) is 2.52. The summed E-state index contributed by atoms with van der Waals surface area (Å²) in [5.41, 5.74) is 36.2. The molecule has 0 unspecified atom stereocenters. The van der Waals surface area contributed by atoms with Gasteiger partial charge in [-0.05, 0) is 280 Å². The van der Waals surface area contributed by atoms with E-state index in [2.05, 4.69) is 419 Å². The molecule has 4 aliphatic rings. The van der Waals surface area contributed by atoms with Crippen molar-refractivity contribution in [1.82, 2.24) is 24.1 Å². The predicted octanol–water partition coefficient (Wildman–Crippen LogP) is 33.3. The lowest BCUT2D eigenvalue weighted by Gasteiger charge is -2.23. The number of hydrogen-bond donors (Lipinski definition) is 0. The second-order valence-corrected chi connectivity index (χ2v) is 38.3. The van der Waals surface area contributed by atoms with E-state index in [1.54, 1.807) is 0 Å². The third-order valence-electron chi connectivity index (χ3n) is 30.1. The number of benzene rings is 21. The molecule has 0 saturated heterocycles. The summed E-state index contributed by atoms with van der Waals surface area (Å²) in [6, 6.07) is 153. The maximum atomic E-state index is 5.74. The zero-order chi connectivity index (χ0) is 89.9. The normalized spacial score (nSPS) is 15.1. The van der Waals surface area contributed by atoms with Gasteiger partial charge in [-0.3, -0.25) is 0 Å². The SMILES string of the molecule is CC1(C)c2cc3c(cc2-c2c1ccc1cc(-c4ccc5c6cc(-c7cc(/C8=N/C(c9ccccc9)=N\C(c9ccccc9)=C/CC8)cc(-n8c9ccccc9c9cc%10c(cc98)C(C)(C)c8c-%10ccc9ccccc89)c7)ccc6c6ccccc6c5c4)ccc21)c1ccccc1n3-c1cc(-c2nc(-c3ccccc3)nc(-c3ccccc3)n2)cc(-c2ccc3c4c(cccc24)-c2ccccc2-3)c1. The summed E-state index contributed by atoms with van der Waals surface area (Å²) in [4.78, 5) is 27.2. The Hall–Kier alpha value is -17.1. The Kier molecular flexibility index (Phi) is 16.9. The molecule has 136 heavy (non-hydrogen) atoms. The van der Waals surface area contributed by atoms with Gasteiger partial charge in [-0.25, -0.2) is 24.9 Å². The molecule has 7 nitrogen and oxygen atoms in total. The smallest absolute Gasteiger partial charge is 0.164 e. The second-order valence-electron chi connectivity index (χ2n) is 38.3. The number of allylic oxidation sites excluding steroid dienone is 1. The Morgan fingerprint density at radius 2 is 0.699 bits per heavy atom. The maximum Gasteiger partial charge on any atom is 0.164 e. The summed E-state index contributed by atoms with van der Waals surface area (Å²) in [7, 11) is 0. The lowest BCUT2D eigenvalue weighted by atomic mass is 9.80. The van der Waals surface area contributed by atoms with Gasteiger partial charge in [0.2, 0.25) is 0 Å². The number of rotatable bonds is 11. The number of aromatic nitrogens is 5. The zero-order valence-corrected chi connectivity index (χ0v) is 75.4. The van der Waals surface area contributed by atoms with E-state index >= 15 is 0 Å². The Labute approximate surface area is 786 Å². The monoisotopic (exact) mass is 1730 g/mol. The van der Waals surface area contributed by atoms with Crippen LogP contribution in [0.2, 0.25) is 0 Å². The largest absolute Gasteiger partial charge is 0.309 e. The van der Waals surface area contributed by atoms with Crippen molar-refractivity contribution in [2.45, 2.75) is 51.4 Å². The average molecular weight is 1730 g/mol. The molecule has 3 aliphatic carbocycles. The molecule has 0 fully saturated rings. The third kappa shape index (κ3) is 11.9. The van der Waals surface area contributed by atoms with Crippen molar-refractivity contribution in [3.8, 4) is 123 Å². The molecule has 0 amide bonds. The molecule has 3 aromatic heterocycles. The van der Waals surface area contributed by atoms with E-state index in [0.717, 1.165) is 101 Å². The molecule has 24 aromatic rings. The number of nitrogens with zero attached hydrogens (tertiary/aromatic N) is 7. The predicted molar refractivity (Wildman–Crippen MR) is 569 cm³/mol. The molecule has 28 rings (SSSR count). The van der Waals surface area contributed by atoms with Gasteiger partial charge in [0.25, 0.3) is 0 Å². The van der Waals surface area contributed by atoms with Gasteiger partial charge >= 0.3 is 0 Å². The molecule has 0 N–H and O–H groups in total. The summed E-state index contributed by atoms with van der Waals surface area (Å²) >= 11 is 0. The minimum absolute atomic E-state index is 0.270. The van der Waals surface area contributed by atoms with Crippen LogP contribution in [0.4, 0.5) is 0 Å². The van der Waals surface area contributed by atoms with Gasteiger partial charge in [0, 0.05) is 66.0 Å². The van der Waals surface area contributed by atoms with Crippen molar-refractivity contribution >= 4 is 125 Å². The second kappa shape index (κ2) is 29.7. The first kappa shape index (κ1) is 77.6. The molecule has 0 saturated carbocycles. The molecule has 21 aromatic carbocycles. The lowest BCUT2D eigenvalue weighted by molar-refractivity contribution is 0.661. The molecule has 7 heteroatoms. The molecule has 0 bridgehead atoms. The van der Waals surface area contributed by atoms with Gasteiger partial charge in [0.15, 0.2) is 23.3 Å². The van der Waals surface area contributed by atoms with Crippen LogP contribution in [0.5, 0.6) is 0 Å². The van der Waals surface area contributed by atoms with E-state index in [-0.39, 0.29) is 10.8 Å². The minimum Gasteiger partial charge on any atom is -0.309 e. The molecular formula is C129H85N7. The van der Waals surface area contributed by atoms with Crippen LogP contribution in [0.1, 0.15) is 79.5 Å². The number of fused-ring (bicyclic) bond motifs is 25. The fraction of sp³-hybridized carbons (Fsp3) is 0.0620. The highest BCUT2D eigenvalue weighted by molar-refractivity contribution is 6.27. The van der Waals surface area contributed by atoms with Crippen LogP contribution in [0.15, 0.2) is 429 Å². The van der Waals surface area contributed by atoms with Gasteiger partial charge < -0.3 is 9.13 Å². The highest BCUT2D eigenvalue weighted by Crippen LogP contribution is 2.58. The minimum atomic E-state index is -0.354. The van der Waals surface area contributed by atoms with Crippen molar-refractivity contribution in [2.75, 3.05) is 0 Å². The van der Waals surface area contributed by atoms with Crippen molar-refractivity contribution in [1.29, 1.82) is 0 Å². The maximum absolute atomic E-state index is 5.74. The molecule has 4 heterocycles. The highest BCUT2D eigenvalue weighted by Gasteiger charge is 2.41. The van der Waals surface area contributed by atoms with E-state index < -0.39 is 0 Å². The van der Waals surface area contributed by atoms with Crippen molar-refractivity contribution < 1.29 is 0 Å². The molecule has 0 spiro atoms. The van der Waals surface area contributed by atoms with Gasteiger partial charge in [0.1, 0.15) is 0 Å². The number of aliphatic imine (C=N–C) groups is 2. The quantitative estimate of drug-likeness (QED) is 0.121. The van der Waals surface area contributed by atoms with Gasteiger partial charge in [0.05, 0.1) is 33.5 Å². The highest BCUT2D eigenvalue weighted by atomic mass is 15.0. The van der Waals surface area contributed by atoms with E-state index in [0.29, 0.717) is 29.7 Å². The molecule has 1 aliphatic heterocycles. The van der Waals surface area contributed by atoms with E-state index in [9.17, 15) is 0 Å². The Bertz CT molecular complexity index is 9370. The fourth-order valence-electron chi connectivity index (χ4n) is 23.7. The number of amidine groups is 1. The third-order valence-corrected chi connectivity index (χ3v) is 30.1. The zero-order valence-electron chi connectivity index (χ0n) is 75.4. The topological polar surface area (TPSA) is 73.2 Å². The fourth-order valence-corrected chi connectivity index (χ4v) is 23.7. The summed E-state index contributed by atoms with van der Waals surface area (Å²) in [5, 5.41) is 19.6. The van der Waals surface area contributed by atoms with Crippen LogP contribution < -0.4 is 0 Å². The number of hydrogen-bond acceptors (Lipinski definition) is 5. The van der Waals surface area contributed by atoms with Gasteiger partial charge in [-0.2, -0.15) is 0 Å². The Balaban J connectivity index is 0.584. The molecule has 636 valence electrons. The first-order chi connectivity index (χ1) is 66.9. The first-order valence-electron chi connectivity index (χ1n) is 47.4. The van der Waals surface area contributed by atoms with Gasteiger partial charge in [-0.1, -0.05) is 355 Å². The van der Waals surface area contributed by atoms with Crippen LogP contribution >= 0.6 is 0 Å². The van der Waals surface area contributed by atoms with Crippen LogP contribution in [-0.4, -0.2) is 35.6 Å². The van der Waals surface area contributed by atoms with Crippen LogP contribution in [0.25, 0.3) is 237 Å². The summed E-state index contributed by atoms with van der Waals surface area (Å²) in [6.45, 7) is 9.68. The Morgan fingerprint density at radius 3 is 1.36 bits per heavy atom. The van der Waals surface area contributed by atoms with E-state index in [1.807, 2.05) is 36.4 Å². The van der Waals surface area contributed by atoms with Crippen LogP contribution in [0, 0.1) is 0 Å².